The van der Waals surface area contributed by atoms with E-state index in [1.807, 2.05) is 20.8 Å². The van der Waals surface area contributed by atoms with Gasteiger partial charge in [0.1, 0.15) is 5.60 Å². The molecule has 1 fully saturated rings. The van der Waals surface area contributed by atoms with Crippen LogP contribution in [0.5, 0.6) is 0 Å². The average molecular weight is 372 g/mol. The van der Waals surface area contributed by atoms with Crippen molar-refractivity contribution in [3.63, 3.8) is 0 Å². The highest BCUT2D eigenvalue weighted by Crippen LogP contribution is 2.26. The molecular weight excluding hydrogens is 346 g/mol. The average Bonchev–Trinajstić information content (AvgIpc) is 2.55. The summed E-state index contributed by atoms with van der Waals surface area (Å²) in [6.07, 6.45) is -0.281. The van der Waals surface area contributed by atoms with Gasteiger partial charge in [-0.2, -0.15) is 0 Å². The number of carbonyl (C=O) groups is 1. The van der Waals surface area contributed by atoms with Crippen molar-refractivity contribution in [3.05, 3.63) is 11.2 Å². The van der Waals surface area contributed by atoms with Gasteiger partial charge in [-0.05, 0) is 20.8 Å². The number of rotatable bonds is 5. The Morgan fingerprint density at radius 3 is 2.56 bits per heavy atom. The Labute approximate surface area is 153 Å². The molecule has 2 rings (SSSR count). The molecule has 0 unspecified atom stereocenters. The summed E-state index contributed by atoms with van der Waals surface area (Å²) in [6.45, 7) is 9.27. The number of hydrogen-bond acceptors (Lipinski definition) is 7. The summed E-state index contributed by atoms with van der Waals surface area (Å²) in [5.41, 5.74) is 0.384. The van der Waals surface area contributed by atoms with Gasteiger partial charge in [-0.15, -0.1) is 10.2 Å². The molecule has 25 heavy (non-hydrogen) atoms. The maximum absolute atomic E-state index is 12.2. The van der Waals surface area contributed by atoms with Crippen molar-refractivity contribution in [1.82, 2.24) is 15.1 Å². The topological polar surface area (TPSA) is 79.8 Å². The van der Waals surface area contributed by atoms with E-state index in [0.29, 0.717) is 50.3 Å². The van der Waals surface area contributed by atoms with Crippen LogP contribution in [0, 0.1) is 0 Å². The number of nitrogens with zero attached hydrogens (tertiary/aromatic N) is 4. The monoisotopic (exact) mass is 371 g/mol. The fourth-order valence-electron chi connectivity index (χ4n) is 2.45. The molecule has 8 nitrogen and oxygen atoms in total. The van der Waals surface area contributed by atoms with Crippen LogP contribution in [-0.2, 0) is 9.47 Å². The van der Waals surface area contributed by atoms with E-state index < -0.39 is 5.60 Å². The molecule has 0 saturated carbocycles. The minimum Gasteiger partial charge on any atom is -0.444 e. The summed E-state index contributed by atoms with van der Waals surface area (Å²) in [5, 5.41) is 11.6. The Morgan fingerprint density at radius 2 is 1.96 bits per heavy atom. The number of amides is 1. The second-order valence-corrected chi connectivity index (χ2v) is 7.16. The first-order valence-electron chi connectivity index (χ1n) is 8.29. The zero-order chi connectivity index (χ0) is 18.4. The van der Waals surface area contributed by atoms with Crippen LogP contribution in [0.25, 0.3) is 0 Å². The third kappa shape index (κ3) is 5.89. The summed E-state index contributed by atoms with van der Waals surface area (Å²) in [4.78, 5) is 16.0. The standard InChI is InChI=1S/C16H26ClN5O3/c1-16(2,3)25-15(23)22-8-6-21(7-9-22)12-11-13(17)19-20-14(12)18-5-10-24-4/h11H,5-10H2,1-4H3,(H,18,20). The second-order valence-electron chi connectivity index (χ2n) is 6.77. The summed E-state index contributed by atoms with van der Waals surface area (Å²) in [5.74, 6) is 0.659. The molecule has 1 aliphatic rings. The fraction of sp³-hybridized carbons (Fsp3) is 0.688. The normalized spacial score (nSPS) is 15.2. The Hall–Kier alpha value is -1.80. The molecule has 0 atom stereocenters. The Balaban J connectivity index is 2.00. The van der Waals surface area contributed by atoms with Gasteiger partial charge in [0.2, 0.25) is 0 Å². The lowest BCUT2D eigenvalue weighted by Gasteiger charge is -2.37. The first-order chi connectivity index (χ1) is 11.8. The smallest absolute Gasteiger partial charge is 0.410 e. The van der Waals surface area contributed by atoms with E-state index in [2.05, 4.69) is 20.4 Å². The number of carbonyl (C=O) groups excluding carboxylic acids is 1. The summed E-state index contributed by atoms with van der Waals surface area (Å²) < 4.78 is 10.5. The molecule has 1 aromatic heterocycles. The highest BCUT2D eigenvalue weighted by Gasteiger charge is 2.27. The minimum atomic E-state index is -0.491. The van der Waals surface area contributed by atoms with Crippen molar-refractivity contribution in [1.29, 1.82) is 0 Å². The molecule has 2 heterocycles. The molecule has 1 N–H and O–H groups in total. The quantitative estimate of drug-likeness (QED) is 0.795. The van der Waals surface area contributed by atoms with Gasteiger partial charge in [0.05, 0.1) is 12.3 Å². The van der Waals surface area contributed by atoms with Crippen LogP contribution >= 0.6 is 11.6 Å². The van der Waals surface area contributed by atoms with Crippen LogP contribution in [0.15, 0.2) is 6.07 Å². The molecule has 0 aliphatic carbocycles. The van der Waals surface area contributed by atoms with Gasteiger partial charge in [-0.1, -0.05) is 11.6 Å². The van der Waals surface area contributed by atoms with E-state index in [4.69, 9.17) is 21.1 Å². The van der Waals surface area contributed by atoms with E-state index in [1.54, 1.807) is 18.1 Å². The number of methoxy groups -OCH3 is 1. The fourth-order valence-corrected chi connectivity index (χ4v) is 2.60. The van der Waals surface area contributed by atoms with Gasteiger partial charge in [0.15, 0.2) is 11.0 Å². The zero-order valence-corrected chi connectivity index (χ0v) is 16.0. The van der Waals surface area contributed by atoms with Crippen LogP contribution < -0.4 is 10.2 Å². The van der Waals surface area contributed by atoms with Crippen LogP contribution in [0.3, 0.4) is 0 Å². The lowest BCUT2D eigenvalue weighted by molar-refractivity contribution is 0.0240. The van der Waals surface area contributed by atoms with Crippen LogP contribution in [0.2, 0.25) is 5.15 Å². The Bertz CT molecular complexity index is 586. The summed E-state index contributed by atoms with van der Waals surface area (Å²) in [6, 6.07) is 1.78. The van der Waals surface area contributed by atoms with E-state index in [9.17, 15) is 4.79 Å². The van der Waals surface area contributed by atoms with Crippen LogP contribution in [0.1, 0.15) is 20.8 Å². The molecule has 0 aromatic carbocycles. The molecule has 1 aromatic rings. The predicted octanol–water partition coefficient (Wildman–Crippen LogP) is 2.25. The molecule has 9 heteroatoms. The summed E-state index contributed by atoms with van der Waals surface area (Å²) in [7, 11) is 1.64. The van der Waals surface area contributed by atoms with Crippen molar-refractivity contribution >= 4 is 29.2 Å². The SMILES string of the molecule is COCCNc1nnc(Cl)cc1N1CCN(C(=O)OC(C)(C)C)CC1. The zero-order valence-electron chi connectivity index (χ0n) is 15.2. The number of aromatic nitrogens is 2. The number of piperazine rings is 1. The number of anilines is 2. The Kier molecular flexibility index (Phi) is 6.66. The van der Waals surface area contributed by atoms with Gasteiger partial charge in [0, 0.05) is 45.9 Å². The highest BCUT2D eigenvalue weighted by molar-refractivity contribution is 6.29. The van der Waals surface area contributed by atoms with E-state index >= 15 is 0 Å². The molecule has 0 radical (unpaired) electrons. The molecule has 1 aliphatic heterocycles. The molecular formula is C16H26ClN5O3. The van der Waals surface area contributed by atoms with Crippen molar-refractivity contribution in [2.75, 3.05) is 56.7 Å². The second kappa shape index (κ2) is 8.53. The maximum atomic E-state index is 12.2. The summed E-state index contributed by atoms with van der Waals surface area (Å²) >= 11 is 6.01. The van der Waals surface area contributed by atoms with Gasteiger partial charge in [0.25, 0.3) is 0 Å². The van der Waals surface area contributed by atoms with Crippen molar-refractivity contribution in [3.8, 4) is 0 Å². The molecule has 0 spiro atoms. The first-order valence-corrected chi connectivity index (χ1v) is 8.67. The van der Waals surface area contributed by atoms with Gasteiger partial charge < -0.3 is 24.6 Å². The first kappa shape index (κ1) is 19.5. The number of hydrogen-bond donors (Lipinski definition) is 1. The minimum absolute atomic E-state index is 0.281. The van der Waals surface area contributed by atoms with Crippen molar-refractivity contribution in [2.24, 2.45) is 0 Å². The van der Waals surface area contributed by atoms with Gasteiger partial charge in [-0.25, -0.2) is 4.79 Å². The lowest BCUT2D eigenvalue weighted by Crippen LogP contribution is -2.50. The van der Waals surface area contributed by atoms with Crippen LogP contribution in [-0.4, -0.2) is 73.2 Å². The van der Waals surface area contributed by atoms with E-state index in [0.717, 1.165) is 5.69 Å². The maximum Gasteiger partial charge on any atom is 0.410 e. The number of ether oxygens (including phenoxy) is 2. The highest BCUT2D eigenvalue weighted by atomic mass is 35.5. The van der Waals surface area contributed by atoms with Gasteiger partial charge >= 0.3 is 6.09 Å². The van der Waals surface area contributed by atoms with E-state index in [-0.39, 0.29) is 6.09 Å². The molecule has 140 valence electrons. The largest absolute Gasteiger partial charge is 0.444 e. The molecule has 0 bridgehead atoms. The van der Waals surface area contributed by atoms with Crippen molar-refractivity contribution < 1.29 is 14.3 Å². The predicted molar refractivity (Wildman–Crippen MR) is 97.4 cm³/mol. The Morgan fingerprint density at radius 1 is 1.28 bits per heavy atom. The third-order valence-electron chi connectivity index (χ3n) is 3.61. The molecule has 1 amide bonds. The number of nitrogens with one attached hydrogen (secondary N) is 1. The number of halogens is 1. The van der Waals surface area contributed by atoms with E-state index in [1.165, 1.54) is 0 Å². The van der Waals surface area contributed by atoms with Gasteiger partial charge in [-0.3, -0.25) is 0 Å². The van der Waals surface area contributed by atoms with Crippen LogP contribution in [0.4, 0.5) is 16.3 Å². The van der Waals surface area contributed by atoms with Crippen molar-refractivity contribution in [2.45, 2.75) is 26.4 Å². The third-order valence-corrected chi connectivity index (χ3v) is 3.80. The molecule has 1 saturated heterocycles. The lowest BCUT2D eigenvalue weighted by atomic mass is 10.2.